The third kappa shape index (κ3) is 5.60. The van der Waals surface area contributed by atoms with Crippen molar-refractivity contribution in [3.63, 3.8) is 0 Å². The van der Waals surface area contributed by atoms with E-state index in [1.54, 1.807) is 19.2 Å². The highest BCUT2D eigenvalue weighted by atomic mass is 19.4. The number of piperazine rings is 1. The van der Waals surface area contributed by atoms with Gasteiger partial charge in [0.25, 0.3) is 5.91 Å². The summed E-state index contributed by atoms with van der Waals surface area (Å²) in [4.78, 5) is 22.0. The van der Waals surface area contributed by atoms with E-state index >= 15 is 0 Å². The van der Waals surface area contributed by atoms with Crippen molar-refractivity contribution in [3.05, 3.63) is 114 Å². The second-order valence-corrected chi connectivity index (χ2v) is 10.3. The summed E-state index contributed by atoms with van der Waals surface area (Å²) in [6.45, 7) is 3.09. The number of ether oxygens (including phenoxy) is 1. The molecule has 0 spiro atoms. The van der Waals surface area contributed by atoms with E-state index in [4.69, 9.17) is 9.72 Å². The van der Waals surface area contributed by atoms with Gasteiger partial charge in [0, 0.05) is 50.0 Å². The number of methoxy groups -OCH3 is 1. The van der Waals surface area contributed by atoms with Crippen LogP contribution < -0.4 is 4.74 Å². The van der Waals surface area contributed by atoms with Gasteiger partial charge in [-0.25, -0.2) is 4.98 Å². The number of hydrogen-bond acceptors (Lipinski definition) is 4. The molecule has 0 unspecified atom stereocenters. The van der Waals surface area contributed by atoms with Crippen LogP contribution in [0.25, 0.3) is 28.0 Å². The van der Waals surface area contributed by atoms with Gasteiger partial charge in [-0.3, -0.25) is 9.69 Å². The first-order valence-corrected chi connectivity index (χ1v) is 13.7. The summed E-state index contributed by atoms with van der Waals surface area (Å²) in [6.07, 6.45) is -2.57. The van der Waals surface area contributed by atoms with Gasteiger partial charge in [-0.15, -0.1) is 0 Å². The maximum absolute atomic E-state index is 13.4. The molecule has 42 heavy (non-hydrogen) atoms. The molecule has 1 aliphatic rings. The smallest absolute Gasteiger partial charge is 0.416 e. The molecule has 2 aromatic heterocycles. The van der Waals surface area contributed by atoms with E-state index in [0.29, 0.717) is 60.8 Å². The maximum Gasteiger partial charge on any atom is 0.416 e. The van der Waals surface area contributed by atoms with Gasteiger partial charge < -0.3 is 14.0 Å². The number of nitrogens with zero attached hydrogens (tertiary/aromatic N) is 4. The molecule has 3 heterocycles. The van der Waals surface area contributed by atoms with Crippen molar-refractivity contribution in [1.29, 1.82) is 0 Å². The van der Waals surface area contributed by atoms with E-state index < -0.39 is 11.7 Å². The highest BCUT2D eigenvalue weighted by molar-refractivity contribution is 5.94. The third-order valence-electron chi connectivity index (χ3n) is 7.64. The van der Waals surface area contributed by atoms with E-state index in [1.807, 2.05) is 76.2 Å². The van der Waals surface area contributed by atoms with Crippen molar-refractivity contribution >= 4 is 11.6 Å². The predicted octanol–water partition coefficient (Wildman–Crippen LogP) is 6.65. The molecule has 3 aromatic carbocycles. The Balaban J connectivity index is 1.34. The fourth-order valence-corrected chi connectivity index (χ4v) is 5.38. The number of hydrogen-bond donors (Lipinski definition) is 0. The van der Waals surface area contributed by atoms with E-state index in [0.717, 1.165) is 23.0 Å². The summed E-state index contributed by atoms with van der Waals surface area (Å²) >= 11 is 0. The van der Waals surface area contributed by atoms with Crippen LogP contribution in [0.3, 0.4) is 0 Å². The molecule has 214 valence electrons. The molecular weight excluding hydrogens is 541 g/mol. The Labute approximate surface area is 241 Å². The molecule has 5 aromatic rings. The third-order valence-corrected chi connectivity index (χ3v) is 7.64. The van der Waals surface area contributed by atoms with Gasteiger partial charge in [-0.2, -0.15) is 13.2 Å². The van der Waals surface area contributed by atoms with Crippen LogP contribution in [0.1, 0.15) is 21.6 Å². The Morgan fingerprint density at radius 1 is 0.833 bits per heavy atom. The largest absolute Gasteiger partial charge is 0.497 e. The molecule has 0 aliphatic carbocycles. The molecule has 0 N–H and O–H groups in total. The summed E-state index contributed by atoms with van der Waals surface area (Å²) in [5.41, 5.74) is 4.38. The monoisotopic (exact) mass is 570 g/mol. The lowest BCUT2D eigenvalue weighted by molar-refractivity contribution is -0.137. The Morgan fingerprint density at radius 3 is 2.31 bits per heavy atom. The van der Waals surface area contributed by atoms with Crippen molar-refractivity contribution in [2.75, 3.05) is 33.3 Å². The lowest BCUT2D eigenvalue weighted by Crippen LogP contribution is -2.48. The first-order chi connectivity index (χ1) is 20.3. The second kappa shape index (κ2) is 11.3. The lowest BCUT2D eigenvalue weighted by Gasteiger charge is -2.34. The molecular formula is C33H29F3N4O2. The Hall–Kier alpha value is -4.63. The van der Waals surface area contributed by atoms with Crippen LogP contribution in [0, 0.1) is 0 Å². The van der Waals surface area contributed by atoms with Gasteiger partial charge in [0.15, 0.2) is 0 Å². The van der Waals surface area contributed by atoms with Gasteiger partial charge >= 0.3 is 6.18 Å². The van der Waals surface area contributed by atoms with Crippen LogP contribution >= 0.6 is 0 Å². The number of amides is 1. The minimum atomic E-state index is -4.43. The Morgan fingerprint density at radius 2 is 1.57 bits per heavy atom. The zero-order chi connectivity index (χ0) is 29.3. The Bertz CT molecular complexity index is 1720. The van der Waals surface area contributed by atoms with Crippen LogP contribution in [0.4, 0.5) is 13.2 Å². The average Bonchev–Trinajstić information content (AvgIpc) is 3.38. The molecule has 0 atom stereocenters. The number of fused-ring (bicyclic) bond motifs is 1. The van der Waals surface area contributed by atoms with Crippen molar-refractivity contribution in [1.82, 2.24) is 19.2 Å². The fourth-order valence-electron chi connectivity index (χ4n) is 5.38. The zero-order valence-corrected chi connectivity index (χ0v) is 23.0. The van der Waals surface area contributed by atoms with Crippen molar-refractivity contribution in [3.8, 4) is 28.1 Å². The van der Waals surface area contributed by atoms with E-state index in [-0.39, 0.29) is 5.91 Å². The minimum Gasteiger partial charge on any atom is -0.497 e. The van der Waals surface area contributed by atoms with Gasteiger partial charge in [0.2, 0.25) is 0 Å². The molecule has 1 fully saturated rings. The predicted molar refractivity (Wildman–Crippen MR) is 155 cm³/mol. The van der Waals surface area contributed by atoms with E-state index in [1.165, 1.54) is 12.1 Å². The van der Waals surface area contributed by atoms with Gasteiger partial charge in [-0.05, 0) is 59.7 Å². The molecule has 6 rings (SSSR count). The number of aromatic nitrogens is 2. The lowest BCUT2D eigenvalue weighted by atomic mass is 10.0. The molecule has 6 nitrogen and oxygen atoms in total. The minimum absolute atomic E-state index is 0.0212. The molecule has 0 radical (unpaired) electrons. The van der Waals surface area contributed by atoms with Gasteiger partial charge in [-0.1, -0.05) is 42.5 Å². The highest BCUT2D eigenvalue weighted by Gasteiger charge is 2.30. The number of alkyl halides is 3. The van der Waals surface area contributed by atoms with Crippen molar-refractivity contribution in [2.45, 2.75) is 12.7 Å². The summed E-state index contributed by atoms with van der Waals surface area (Å²) in [6, 6.07) is 25.9. The molecule has 1 amide bonds. The number of rotatable bonds is 6. The highest BCUT2D eigenvalue weighted by Crippen LogP contribution is 2.34. The molecule has 1 saturated heterocycles. The zero-order valence-electron chi connectivity index (χ0n) is 23.0. The second-order valence-electron chi connectivity index (χ2n) is 10.3. The average molecular weight is 571 g/mol. The normalized spacial score (nSPS) is 14.3. The van der Waals surface area contributed by atoms with Crippen LogP contribution in [0.15, 0.2) is 97.2 Å². The quantitative estimate of drug-likeness (QED) is 0.229. The van der Waals surface area contributed by atoms with Crippen LogP contribution in [0.2, 0.25) is 0 Å². The first-order valence-electron chi connectivity index (χ1n) is 13.7. The standard InChI is InChI=1S/C33H29F3N4O2/c1-42-28-12-6-10-25(20-28)31-29(22-38-15-17-39(18-16-38)32(41)23-7-3-2-4-8-23)40-21-26(13-14-30(40)37-31)24-9-5-11-27(19-24)33(34,35)36/h2-14,19-21H,15-18,22H2,1H3. The van der Waals surface area contributed by atoms with Gasteiger partial charge in [0.1, 0.15) is 11.4 Å². The van der Waals surface area contributed by atoms with Crippen LogP contribution in [-0.2, 0) is 12.7 Å². The summed E-state index contributed by atoms with van der Waals surface area (Å²) in [5.74, 6) is 0.723. The summed E-state index contributed by atoms with van der Waals surface area (Å²) in [7, 11) is 1.61. The molecule has 1 aliphatic heterocycles. The summed E-state index contributed by atoms with van der Waals surface area (Å²) < 4.78 is 47.7. The summed E-state index contributed by atoms with van der Waals surface area (Å²) in [5, 5.41) is 0. The number of carbonyl (C=O) groups excluding carboxylic acids is 1. The van der Waals surface area contributed by atoms with Crippen molar-refractivity contribution < 1.29 is 22.7 Å². The van der Waals surface area contributed by atoms with Crippen LogP contribution in [-0.4, -0.2) is 58.4 Å². The number of pyridine rings is 1. The molecule has 9 heteroatoms. The maximum atomic E-state index is 13.4. The van der Waals surface area contributed by atoms with Crippen LogP contribution in [0.5, 0.6) is 5.75 Å². The van der Waals surface area contributed by atoms with Gasteiger partial charge in [0.05, 0.1) is 24.1 Å². The number of halogens is 3. The Kier molecular flexibility index (Phi) is 7.43. The first kappa shape index (κ1) is 27.5. The van der Waals surface area contributed by atoms with E-state index in [2.05, 4.69) is 4.90 Å². The van der Waals surface area contributed by atoms with Crippen molar-refractivity contribution in [2.24, 2.45) is 0 Å². The topological polar surface area (TPSA) is 50.1 Å². The number of carbonyl (C=O) groups is 1. The molecule has 0 saturated carbocycles. The van der Waals surface area contributed by atoms with E-state index in [9.17, 15) is 18.0 Å². The number of imidazole rings is 1. The fraction of sp³-hybridized carbons (Fsp3) is 0.212. The molecule has 0 bridgehead atoms. The SMILES string of the molecule is COc1cccc(-c2nc3ccc(-c4cccc(C(F)(F)F)c4)cn3c2CN2CCN(C(=O)c3ccccc3)CC2)c1. The number of benzene rings is 3.